The minimum absolute atomic E-state index is 0.374. The largest absolute Gasteiger partial charge is 0.360 e. The summed E-state index contributed by atoms with van der Waals surface area (Å²) in [5.41, 5.74) is 1.06. The van der Waals surface area contributed by atoms with E-state index in [1.807, 2.05) is 19.1 Å². The molecule has 142 valence electrons. The third kappa shape index (κ3) is 3.49. The first-order valence-electron chi connectivity index (χ1n) is 9.56. The number of benzene rings is 1. The van der Waals surface area contributed by atoms with Gasteiger partial charge in [-0.1, -0.05) is 24.1 Å². The van der Waals surface area contributed by atoms with Gasteiger partial charge in [0.1, 0.15) is 0 Å². The van der Waals surface area contributed by atoms with Gasteiger partial charge in [0.2, 0.25) is 10.0 Å². The molecule has 1 aromatic rings. The van der Waals surface area contributed by atoms with Gasteiger partial charge in [-0.05, 0) is 62.4 Å². The number of piperazine rings is 1. The Morgan fingerprint density at radius 2 is 1.77 bits per heavy atom. The lowest BCUT2D eigenvalue weighted by Crippen LogP contribution is -2.54. The number of fused-ring (bicyclic) bond motifs is 2. The van der Waals surface area contributed by atoms with Gasteiger partial charge in [0, 0.05) is 32.2 Å². The molecule has 3 aliphatic rings. The van der Waals surface area contributed by atoms with Crippen molar-refractivity contribution >= 4 is 27.4 Å². The molecule has 0 unspecified atom stereocenters. The van der Waals surface area contributed by atoms with Gasteiger partial charge >= 0.3 is 0 Å². The second-order valence-corrected chi connectivity index (χ2v) is 10.3. The van der Waals surface area contributed by atoms with Crippen molar-refractivity contribution < 1.29 is 8.42 Å². The average Bonchev–Trinajstić information content (AvgIpc) is 3.25. The molecule has 2 aliphatic carbocycles. The van der Waals surface area contributed by atoms with E-state index in [4.69, 9.17) is 12.2 Å². The van der Waals surface area contributed by atoms with Crippen LogP contribution in [0.1, 0.15) is 31.2 Å². The maximum absolute atomic E-state index is 12.8. The molecule has 1 N–H and O–H groups in total. The molecule has 26 heavy (non-hydrogen) atoms. The number of aryl methyl sites for hydroxylation is 1. The second-order valence-electron chi connectivity index (χ2n) is 7.94. The van der Waals surface area contributed by atoms with Crippen molar-refractivity contribution in [3.05, 3.63) is 29.8 Å². The van der Waals surface area contributed by atoms with E-state index in [-0.39, 0.29) is 0 Å². The Labute approximate surface area is 161 Å². The highest BCUT2D eigenvalue weighted by atomic mass is 32.2. The number of thiocarbonyl (C=S) groups is 1. The van der Waals surface area contributed by atoms with Gasteiger partial charge in [0.15, 0.2) is 5.11 Å². The molecule has 4 rings (SSSR count). The van der Waals surface area contributed by atoms with E-state index in [0.29, 0.717) is 37.1 Å². The molecule has 3 atom stereocenters. The summed E-state index contributed by atoms with van der Waals surface area (Å²) in [6.07, 6.45) is 5.30. The van der Waals surface area contributed by atoms with Crippen molar-refractivity contribution in [2.45, 2.75) is 43.5 Å². The fraction of sp³-hybridized carbons (Fsp3) is 0.632. The van der Waals surface area contributed by atoms with E-state index >= 15 is 0 Å². The first kappa shape index (κ1) is 18.2. The lowest BCUT2D eigenvalue weighted by atomic mass is 9.95. The summed E-state index contributed by atoms with van der Waals surface area (Å²) in [7, 11) is -3.41. The normalized spacial score (nSPS) is 29.1. The van der Waals surface area contributed by atoms with Crippen molar-refractivity contribution in [3.8, 4) is 0 Å². The average molecular weight is 394 g/mol. The van der Waals surface area contributed by atoms with Crippen LogP contribution in [0, 0.1) is 18.8 Å². The number of nitrogens with zero attached hydrogens (tertiary/aromatic N) is 2. The Hall–Kier alpha value is -1.18. The minimum Gasteiger partial charge on any atom is -0.360 e. The predicted octanol–water partition coefficient (Wildman–Crippen LogP) is 2.36. The summed E-state index contributed by atoms with van der Waals surface area (Å²) in [5.74, 6) is 1.66. The molecule has 3 fully saturated rings. The minimum atomic E-state index is -3.41. The summed E-state index contributed by atoms with van der Waals surface area (Å²) in [6.45, 7) is 4.22. The molecule has 1 saturated heterocycles. The highest BCUT2D eigenvalue weighted by molar-refractivity contribution is 7.89. The molecule has 1 aliphatic heterocycles. The summed E-state index contributed by atoms with van der Waals surface area (Å²) >= 11 is 5.61. The molecular formula is C19H27N3O2S2. The molecule has 0 amide bonds. The topological polar surface area (TPSA) is 52.7 Å². The fourth-order valence-corrected chi connectivity index (χ4v) is 6.42. The van der Waals surface area contributed by atoms with Crippen LogP contribution in [-0.4, -0.2) is 55.0 Å². The molecular weight excluding hydrogens is 366 g/mol. The highest BCUT2D eigenvalue weighted by Crippen LogP contribution is 2.44. The summed E-state index contributed by atoms with van der Waals surface area (Å²) in [5, 5.41) is 4.36. The van der Waals surface area contributed by atoms with E-state index in [1.54, 1.807) is 16.4 Å². The van der Waals surface area contributed by atoms with Crippen molar-refractivity contribution in [1.82, 2.24) is 14.5 Å². The van der Waals surface area contributed by atoms with Gasteiger partial charge in [0.25, 0.3) is 0 Å². The van der Waals surface area contributed by atoms with Crippen LogP contribution in [0.4, 0.5) is 0 Å². The molecule has 0 aromatic heterocycles. The molecule has 1 heterocycles. The summed E-state index contributed by atoms with van der Waals surface area (Å²) in [4.78, 5) is 2.50. The molecule has 0 radical (unpaired) electrons. The molecule has 0 spiro atoms. The van der Waals surface area contributed by atoms with Crippen LogP contribution in [0.3, 0.4) is 0 Å². The Morgan fingerprint density at radius 3 is 2.35 bits per heavy atom. The molecule has 5 nitrogen and oxygen atoms in total. The van der Waals surface area contributed by atoms with Crippen LogP contribution in [0.5, 0.6) is 0 Å². The van der Waals surface area contributed by atoms with Crippen molar-refractivity contribution in [3.63, 3.8) is 0 Å². The van der Waals surface area contributed by atoms with E-state index in [9.17, 15) is 8.42 Å². The van der Waals surface area contributed by atoms with E-state index < -0.39 is 10.0 Å². The van der Waals surface area contributed by atoms with E-state index in [1.165, 1.54) is 25.7 Å². The first-order valence-corrected chi connectivity index (χ1v) is 11.4. The molecule has 2 bridgehead atoms. The Morgan fingerprint density at radius 1 is 1.08 bits per heavy atom. The lowest BCUT2D eigenvalue weighted by molar-refractivity contribution is 0.258. The van der Waals surface area contributed by atoms with Crippen molar-refractivity contribution in [2.75, 3.05) is 26.2 Å². The molecule has 7 heteroatoms. The quantitative estimate of drug-likeness (QED) is 0.799. The maximum atomic E-state index is 12.8. The number of hydrogen-bond donors (Lipinski definition) is 1. The van der Waals surface area contributed by atoms with Crippen molar-refractivity contribution in [2.24, 2.45) is 11.8 Å². The number of nitrogens with one attached hydrogen (secondary N) is 1. The SMILES string of the molecule is Cc1ccc(S(=O)(=O)N2CCN(C(=S)N[C@@H]3C[C@H]4CC[C@@H]3C4)CC2)cc1. The van der Waals surface area contributed by atoms with Crippen LogP contribution in [0.25, 0.3) is 0 Å². The molecule has 2 saturated carbocycles. The third-order valence-electron chi connectivity index (χ3n) is 6.23. The predicted molar refractivity (Wildman–Crippen MR) is 106 cm³/mol. The summed E-state index contributed by atoms with van der Waals surface area (Å²) < 4.78 is 27.2. The van der Waals surface area contributed by atoms with Crippen LogP contribution in [0.15, 0.2) is 29.2 Å². The Balaban J connectivity index is 1.33. The van der Waals surface area contributed by atoms with Crippen LogP contribution < -0.4 is 5.32 Å². The van der Waals surface area contributed by atoms with Gasteiger partial charge in [-0.2, -0.15) is 4.31 Å². The Bertz CT molecular complexity index is 770. The van der Waals surface area contributed by atoms with Gasteiger partial charge in [-0.3, -0.25) is 0 Å². The number of sulfonamides is 1. The van der Waals surface area contributed by atoms with E-state index in [2.05, 4.69) is 10.2 Å². The fourth-order valence-electron chi connectivity index (χ4n) is 4.66. The molecule has 1 aromatic carbocycles. The Kier molecular flexibility index (Phi) is 4.96. The van der Waals surface area contributed by atoms with Gasteiger partial charge < -0.3 is 10.2 Å². The highest BCUT2D eigenvalue weighted by Gasteiger charge is 2.40. The smallest absolute Gasteiger partial charge is 0.243 e. The number of rotatable bonds is 3. The second kappa shape index (κ2) is 7.09. The standard InChI is InChI=1S/C19H27N3O2S2/c1-14-2-6-17(7-3-14)26(23,24)22-10-8-21(9-11-22)19(25)20-18-13-15-4-5-16(18)12-15/h2-3,6-7,15-16,18H,4-5,8-13H2,1H3,(H,20,25)/t15-,16+,18+/m0/s1. The van der Waals surface area contributed by atoms with E-state index in [0.717, 1.165) is 22.5 Å². The van der Waals surface area contributed by atoms with Crippen LogP contribution >= 0.6 is 12.2 Å². The van der Waals surface area contributed by atoms with Crippen LogP contribution in [-0.2, 0) is 10.0 Å². The van der Waals surface area contributed by atoms with Gasteiger partial charge in [0.05, 0.1) is 4.90 Å². The van der Waals surface area contributed by atoms with Crippen LogP contribution in [0.2, 0.25) is 0 Å². The van der Waals surface area contributed by atoms with Crippen molar-refractivity contribution in [1.29, 1.82) is 0 Å². The number of hydrogen-bond acceptors (Lipinski definition) is 3. The van der Waals surface area contributed by atoms with Gasteiger partial charge in [-0.25, -0.2) is 8.42 Å². The third-order valence-corrected chi connectivity index (χ3v) is 8.52. The first-order chi connectivity index (χ1) is 12.4. The van der Waals surface area contributed by atoms with Gasteiger partial charge in [-0.15, -0.1) is 0 Å². The zero-order valence-corrected chi connectivity index (χ0v) is 16.9. The monoisotopic (exact) mass is 393 g/mol. The zero-order valence-electron chi connectivity index (χ0n) is 15.2. The zero-order chi connectivity index (χ0) is 18.3. The summed E-state index contributed by atoms with van der Waals surface area (Å²) in [6, 6.07) is 7.60. The lowest BCUT2D eigenvalue weighted by Gasteiger charge is -2.37. The maximum Gasteiger partial charge on any atom is 0.243 e.